The molecule has 2 rings (SSSR count). The SMILES string of the molecule is CN(C)c1ccc(C=NNC(=O)C(=Cc2ccccc2)CCO)cc1. The molecule has 5 heteroatoms. The normalized spacial score (nSPS) is 11.6. The number of nitrogens with zero attached hydrogens (tertiary/aromatic N) is 2. The maximum absolute atomic E-state index is 12.3. The van der Waals surface area contributed by atoms with Gasteiger partial charge in [0.25, 0.3) is 5.91 Å². The van der Waals surface area contributed by atoms with Crippen molar-refractivity contribution in [3.63, 3.8) is 0 Å². The number of amides is 1. The van der Waals surface area contributed by atoms with Gasteiger partial charge in [-0.1, -0.05) is 42.5 Å². The van der Waals surface area contributed by atoms with E-state index in [0.717, 1.165) is 16.8 Å². The standard InChI is InChI=1S/C20H23N3O2/c1-23(2)19-10-8-17(9-11-19)15-21-22-20(25)18(12-13-24)14-16-6-4-3-5-7-16/h3-11,14-15,24H,12-13H2,1-2H3,(H,22,25). The zero-order valence-corrected chi connectivity index (χ0v) is 14.5. The lowest BCUT2D eigenvalue weighted by atomic mass is 10.1. The molecular weight excluding hydrogens is 314 g/mol. The van der Waals surface area contributed by atoms with Gasteiger partial charge in [-0.15, -0.1) is 0 Å². The van der Waals surface area contributed by atoms with E-state index < -0.39 is 0 Å². The van der Waals surface area contributed by atoms with Crippen LogP contribution in [0.4, 0.5) is 5.69 Å². The predicted molar refractivity (Wildman–Crippen MR) is 103 cm³/mol. The lowest BCUT2D eigenvalue weighted by Gasteiger charge is -2.11. The van der Waals surface area contributed by atoms with Gasteiger partial charge in [0.1, 0.15) is 0 Å². The van der Waals surface area contributed by atoms with Gasteiger partial charge in [-0.3, -0.25) is 4.79 Å². The molecule has 0 aliphatic heterocycles. The van der Waals surface area contributed by atoms with Crippen LogP contribution in [-0.4, -0.2) is 37.9 Å². The average Bonchev–Trinajstić information content (AvgIpc) is 2.62. The molecule has 2 aromatic carbocycles. The van der Waals surface area contributed by atoms with Crippen molar-refractivity contribution in [2.24, 2.45) is 5.10 Å². The highest BCUT2D eigenvalue weighted by Crippen LogP contribution is 2.11. The fourth-order valence-electron chi connectivity index (χ4n) is 2.22. The van der Waals surface area contributed by atoms with E-state index in [-0.39, 0.29) is 18.9 Å². The van der Waals surface area contributed by atoms with Gasteiger partial charge in [-0.2, -0.15) is 5.10 Å². The third-order valence-electron chi connectivity index (χ3n) is 3.60. The van der Waals surface area contributed by atoms with Gasteiger partial charge in [-0.05, 0) is 29.3 Å². The molecule has 0 spiro atoms. The van der Waals surface area contributed by atoms with Crippen LogP contribution >= 0.6 is 0 Å². The molecule has 0 heterocycles. The fourth-order valence-corrected chi connectivity index (χ4v) is 2.22. The van der Waals surface area contributed by atoms with Gasteiger partial charge in [0.15, 0.2) is 0 Å². The van der Waals surface area contributed by atoms with Gasteiger partial charge in [0, 0.05) is 38.4 Å². The Kier molecular flexibility index (Phi) is 6.92. The molecule has 0 saturated heterocycles. The monoisotopic (exact) mass is 337 g/mol. The zero-order chi connectivity index (χ0) is 18.1. The largest absolute Gasteiger partial charge is 0.396 e. The first kappa shape index (κ1) is 18.4. The number of hydrazone groups is 1. The topological polar surface area (TPSA) is 64.9 Å². The summed E-state index contributed by atoms with van der Waals surface area (Å²) in [6, 6.07) is 17.3. The first-order valence-electron chi connectivity index (χ1n) is 8.07. The summed E-state index contributed by atoms with van der Waals surface area (Å²) >= 11 is 0. The summed E-state index contributed by atoms with van der Waals surface area (Å²) in [7, 11) is 3.95. The first-order chi connectivity index (χ1) is 12.1. The minimum Gasteiger partial charge on any atom is -0.396 e. The van der Waals surface area contributed by atoms with Crippen molar-refractivity contribution in [3.8, 4) is 0 Å². The molecule has 0 aliphatic rings. The van der Waals surface area contributed by atoms with E-state index in [1.165, 1.54) is 0 Å². The van der Waals surface area contributed by atoms with Gasteiger partial charge < -0.3 is 10.0 Å². The van der Waals surface area contributed by atoms with Crippen LogP contribution in [0.5, 0.6) is 0 Å². The van der Waals surface area contributed by atoms with Crippen LogP contribution in [-0.2, 0) is 4.79 Å². The molecule has 2 aromatic rings. The van der Waals surface area contributed by atoms with Crippen molar-refractivity contribution in [2.75, 3.05) is 25.6 Å². The molecule has 1 amide bonds. The quantitative estimate of drug-likeness (QED) is 0.464. The molecule has 0 radical (unpaired) electrons. The van der Waals surface area contributed by atoms with Crippen LogP contribution in [0.3, 0.4) is 0 Å². The molecule has 0 aromatic heterocycles. The number of carbonyl (C=O) groups is 1. The molecule has 5 nitrogen and oxygen atoms in total. The highest BCUT2D eigenvalue weighted by molar-refractivity contribution is 5.98. The summed E-state index contributed by atoms with van der Waals surface area (Å²) < 4.78 is 0. The molecule has 0 unspecified atom stereocenters. The molecule has 2 N–H and O–H groups in total. The van der Waals surface area contributed by atoms with E-state index in [1.54, 1.807) is 12.3 Å². The van der Waals surface area contributed by atoms with E-state index >= 15 is 0 Å². The lowest BCUT2D eigenvalue weighted by Crippen LogP contribution is -2.20. The number of hydrogen-bond acceptors (Lipinski definition) is 4. The Morgan fingerprint density at radius 1 is 1.08 bits per heavy atom. The summed E-state index contributed by atoms with van der Waals surface area (Å²) in [5.41, 5.74) is 5.89. The van der Waals surface area contributed by atoms with E-state index in [9.17, 15) is 9.90 Å². The second-order valence-corrected chi connectivity index (χ2v) is 5.74. The van der Waals surface area contributed by atoms with E-state index in [4.69, 9.17) is 0 Å². The summed E-state index contributed by atoms with van der Waals surface area (Å²) in [5.74, 6) is -0.320. The smallest absolute Gasteiger partial charge is 0.267 e. The maximum Gasteiger partial charge on any atom is 0.267 e. The molecule has 25 heavy (non-hydrogen) atoms. The molecule has 0 atom stereocenters. The van der Waals surface area contributed by atoms with E-state index in [0.29, 0.717) is 5.57 Å². The molecular formula is C20H23N3O2. The Hall–Kier alpha value is -2.92. The number of aliphatic hydroxyl groups excluding tert-OH is 1. The van der Waals surface area contributed by atoms with Crippen molar-refractivity contribution < 1.29 is 9.90 Å². The number of aliphatic hydroxyl groups is 1. The minimum atomic E-state index is -0.320. The highest BCUT2D eigenvalue weighted by atomic mass is 16.3. The van der Waals surface area contributed by atoms with E-state index in [1.807, 2.05) is 73.6 Å². The van der Waals surface area contributed by atoms with E-state index in [2.05, 4.69) is 10.5 Å². The molecule has 0 saturated carbocycles. The van der Waals surface area contributed by atoms with Crippen molar-refractivity contribution in [1.29, 1.82) is 0 Å². The number of anilines is 1. The van der Waals surface area contributed by atoms with Crippen LogP contribution in [0.2, 0.25) is 0 Å². The summed E-state index contributed by atoms with van der Waals surface area (Å²) in [5, 5.41) is 13.2. The highest BCUT2D eigenvalue weighted by Gasteiger charge is 2.08. The number of carbonyl (C=O) groups excluding carboxylic acids is 1. The van der Waals surface area contributed by atoms with Crippen LogP contribution in [0.25, 0.3) is 6.08 Å². The van der Waals surface area contributed by atoms with Crippen molar-refractivity contribution in [1.82, 2.24) is 5.43 Å². The maximum atomic E-state index is 12.3. The number of benzene rings is 2. The Bertz CT molecular complexity index is 735. The summed E-state index contributed by atoms with van der Waals surface area (Å²) in [4.78, 5) is 14.3. The molecule has 130 valence electrons. The number of hydrogen-bond donors (Lipinski definition) is 2. The van der Waals surface area contributed by atoms with Gasteiger partial charge in [0.05, 0.1) is 6.21 Å². The van der Waals surface area contributed by atoms with Crippen LogP contribution in [0, 0.1) is 0 Å². The first-order valence-corrected chi connectivity index (χ1v) is 8.07. The average molecular weight is 337 g/mol. The minimum absolute atomic E-state index is 0.0954. The Morgan fingerprint density at radius 3 is 2.36 bits per heavy atom. The lowest BCUT2D eigenvalue weighted by molar-refractivity contribution is -0.117. The fraction of sp³-hybridized carbons (Fsp3) is 0.200. The third kappa shape index (κ3) is 5.90. The van der Waals surface area contributed by atoms with Crippen molar-refractivity contribution >= 4 is 23.9 Å². The van der Waals surface area contributed by atoms with Gasteiger partial charge in [-0.25, -0.2) is 5.43 Å². The summed E-state index contributed by atoms with van der Waals surface area (Å²) in [6.07, 6.45) is 3.62. The van der Waals surface area contributed by atoms with Crippen molar-refractivity contribution in [3.05, 3.63) is 71.3 Å². The Balaban J connectivity index is 2.02. The Morgan fingerprint density at radius 2 is 1.76 bits per heavy atom. The number of rotatable bonds is 7. The predicted octanol–water partition coefficient (Wildman–Crippen LogP) is 2.67. The Labute approximate surface area is 148 Å². The summed E-state index contributed by atoms with van der Waals surface area (Å²) in [6.45, 7) is -0.0954. The molecule has 0 fully saturated rings. The second kappa shape index (κ2) is 9.39. The van der Waals surface area contributed by atoms with Crippen molar-refractivity contribution in [2.45, 2.75) is 6.42 Å². The second-order valence-electron chi connectivity index (χ2n) is 5.74. The molecule has 0 bridgehead atoms. The van der Waals surface area contributed by atoms with Crippen LogP contribution in [0.15, 0.2) is 65.3 Å². The van der Waals surface area contributed by atoms with Gasteiger partial charge >= 0.3 is 0 Å². The van der Waals surface area contributed by atoms with Crippen LogP contribution < -0.4 is 10.3 Å². The number of nitrogens with one attached hydrogen (secondary N) is 1. The third-order valence-corrected chi connectivity index (χ3v) is 3.60. The zero-order valence-electron chi connectivity index (χ0n) is 14.5. The molecule has 0 aliphatic carbocycles. The van der Waals surface area contributed by atoms with Crippen LogP contribution in [0.1, 0.15) is 17.5 Å². The van der Waals surface area contributed by atoms with Gasteiger partial charge in [0.2, 0.25) is 0 Å².